The maximum atomic E-state index is 14.1. The number of nitrogens with one attached hydrogen (secondary N) is 1. The lowest BCUT2D eigenvalue weighted by molar-refractivity contribution is 0.131. The van der Waals surface area contributed by atoms with E-state index in [0.29, 0.717) is 29.1 Å². The molecule has 2 aliphatic rings. The normalized spacial score (nSPS) is 21.4. The van der Waals surface area contributed by atoms with Crippen molar-refractivity contribution in [3.05, 3.63) is 52.0 Å². The van der Waals surface area contributed by atoms with Gasteiger partial charge < -0.3 is 19.9 Å². The monoisotopic (exact) mass is 422 g/mol. The number of nitrogens with zero attached hydrogens (tertiary/aromatic N) is 3. The lowest BCUT2D eigenvalue weighted by Gasteiger charge is -2.27. The molecule has 1 N–H and O–H groups in total. The Balaban J connectivity index is 1.68. The summed E-state index contributed by atoms with van der Waals surface area (Å²) in [5, 5.41) is 3.99. The number of ether oxygens (including phenoxy) is 1. The van der Waals surface area contributed by atoms with Crippen LogP contribution < -0.4 is 10.2 Å². The second-order valence-electron chi connectivity index (χ2n) is 6.94. The minimum atomic E-state index is -0.352. The number of thiazole rings is 1. The first-order valence-electron chi connectivity index (χ1n) is 8.91. The van der Waals surface area contributed by atoms with Crippen molar-refractivity contribution in [3.8, 4) is 0 Å². The molecule has 1 saturated heterocycles. The number of hydrogen-bond donors (Lipinski definition) is 1. The Morgan fingerprint density at radius 2 is 2.29 bits per heavy atom. The van der Waals surface area contributed by atoms with Crippen LogP contribution in [0.25, 0.3) is 0 Å². The van der Waals surface area contributed by atoms with Gasteiger partial charge in [0.2, 0.25) is 0 Å². The first-order chi connectivity index (χ1) is 13.5. The average molecular weight is 423 g/mol. The van der Waals surface area contributed by atoms with E-state index < -0.39 is 0 Å². The fourth-order valence-corrected chi connectivity index (χ4v) is 4.90. The molecule has 4 rings (SSSR count). The van der Waals surface area contributed by atoms with Crippen LogP contribution in [0.1, 0.15) is 18.9 Å². The largest absolute Gasteiger partial charge is 0.453 e. The highest BCUT2D eigenvalue weighted by atomic mass is 35.5. The number of fused-ring (bicyclic) bond motifs is 2. The zero-order chi connectivity index (χ0) is 19.9. The molecule has 9 heteroatoms. The number of benzene rings is 1. The van der Waals surface area contributed by atoms with E-state index in [0.717, 1.165) is 23.5 Å². The average Bonchev–Trinajstić information content (AvgIpc) is 3.38. The maximum Gasteiger partial charge on any atom is 0.409 e. The first kappa shape index (κ1) is 19.0. The van der Waals surface area contributed by atoms with Gasteiger partial charge in [0.1, 0.15) is 16.0 Å². The summed E-state index contributed by atoms with van der Waals surface area (Å²) in [5.41, 5.74) is 1.50. The summed E-state index contributed by atoms with van der Waals surface area (Å²) in [6.07, 6.45) is 3.95. The van der Waals surface area contributed by atoms with Crippen molar-refractivity contribution in [2.75, 3.05) is 37.0 Å². The Bertz CT molecular complexity index is 950. The van der Waals surface area contributed by atoms with Crippen molar-refractivity contribution >= 4 is 39.8 Å². The minimum Gasteiger partial charge on any atom is -0.453 e. The number of carbonyl (C=O) groups excluding carboxylic acids is 1. The third kappa shape index (κ3) is 3.20. The topological polar surface area (TPSA) is 57.7 Å². The van der Waals surface area contributed by atoms with Crippen LogP contribution in [0.3, 0.4) is 0 Å². The predicted octanol–water partition coefficient (Wildman–Crippen LogP) is 4.44. The van der Waals surface area contributed by atoms with Gasteiger partial charge in [-0.2, -0.15) is 0 Å². The zero-order valence-corrected chi connectivity index (χ0v) is 17.1. The summed E-state index contributed by atoms with van der Waals surface area (Å²) in [7, 11) is 1.38. The molecular formula is C19H20ClFN4O2S. The first-order valence-corrected chi connectivity index (χ1v) is 10.1. The van der Waals surface area contributed by atoms with Gasteiger partial charge in [-0.3, -0.25) is 0 Å². The second kappa shape index (κ2) is 7.25. The maximum absolute atomic E-state index is 14.1. The van der Waals surface area contributed by atoms with Crippen LogP contribution in [-0.4, -0.2) is 42.7 Å². The molecule has 6 nitrogen and oxygen atoms in total. The summed E-state index contributed by atoms with van der Waals surface area (Å²) in [6, 6.07) is 4.84. The number of rotatable bonds is 3. The van der Waals surface area contributed by atoms with Crippen LogP contribution >= 0.6 is 22.9 Å². The highest BCUT2D eigenvalue weighted by Crippen LogP contribution is 2.48. The molecule has 1 aromatic heterocycles. The van der Waals surface area contributed by atoms with Crippen LogP contribution in [0.2, 0.25) is 4.34 Å². The lowest BCUT2D eigenvalue weighted by Crippen LogP contribution is -2.38. The minimum absolute atomic E-state index is 0.279. The zero-order valence-electron chi connectivity index (χ0n) is 15.5. The van der Waals surface area contributed by atoms with E-state index in [1.54, 1.807) is 23.2 Å². The number of halogens is 2. The van der Waals surface area contributed by atoms with Gasteiger partial charge in [0.25, 0.3) is 0 Å². The molecule has 1 aromatic carbocycles. The van der Waals surface area contributed by atoms with E-state index in [2.05, 4.69) is 15.2 Å². The number of amides is 1. The highest BCUT2D eigenvalue weighted by Gasteiger charge is 2.49. The van der Waals surface area contributed by atoms with E-state index in [1.165, 1.54) is 24.5 Å². The molecule has 2 aromatic rings. The van der Waals surface area contributed by atoms with Gasteiger partial charge in [-0.1, -0.05) is 22.9 Å². The smallest absolute Gasteiger partial charge is 0.409 e. The van der Waals surface area contributed by atoms with Gasteiger partial charge in [-0.25, -0.2) is 14.2 Å². The SMILES string of the molecule is CC=C(Nc1ncc(Cl)s1)N1CC2(CCN(C(=O)OC)C2)c2cc(F)ccc21. The number of anilines is 2. The van der Waals surface area contributed by atoms with Crippen LogP contribution in [0.5, 0.6) is 0 Å². The standard InChI is InChI=1S/C19H20ClFN4O2S/c1-3-16(23-17-22-9-15(20)28-17)25-11-19(6-7-24(10-19)18(26)27-2)13-8-12(21)4-5-14(13)25/h3-5,8-9H,6-7,10-11H2,1-2H3,(H,22,23). The molecule has 0 aliphatic carbocycles. The number of aromatic nitrogens is 1. The van der Waals surface area contributed by atoms with E-state index in [1.807, 2.05) is 13.0 Å². The summed E-state index contributed by atoms with van der Waals surface area (Å²) in [5.74, 6) is 0.561. The predicted molar refractivity (Wildman–Crippen MR) is 109 cm³/mol. The third-order valence-corrected chi connectivity index (χ3v) is 6.38. The molecular weight excluding hydrogens is 403 g/mol. The Kier molecular flexibility index (Phi) is 4.93. The summed E-state index contributed by atoms with van der Waals surface area (Å²) in [4.78, 5) is 20.1. The molecule has 1 atom stereocenters. The Hall–Kier alpha value is -2.32. The molecule has 1 unspecified atom stereocenters. The molecule has 148 valence electrons. The van der Waals surface area contributed by atoms with Crippen molar-refractivity contribution in [2.24, 2.45) is 0 Å². The van der Waals surface area contributed by atoms with Crippen molar-refractivity contribution in [1.29, 1.82) is 0 Å². The lowest BCUT2D eigenvalue weighted by atomic mass is 9.81. The third-order valence-electron chi connectivity index (χ3n) is 5.34. The van der Waals surface area contributed by atoms with Crippen LogP contribution in [-0.2, 0) is 10.2 Å². The van der Waals surface area contributed by atoms with Crippen LogP contribution in [0.4, 0.5) is 20.0 Å². The number of methoxy groups -OCH3 is 1. The summed E-state index contributed by atoms with van der Waals surface area (Å²) >= 11 is 7.35. The molecule has 1 spiro atoms. The highest BCUT2D eigenvalue weighted by molar-refractivity contribution is 7.19. The van der Waals surface area contributed by atoms with Gasteiger partial charge >= 0.3 is 6.09 Å². The Labute approximate surface area is 171 Å². The number of likely N-dealkylation sites (tertiary alicyclic amines) is 1. The van der Waals surface area contributed by atoms with Gasteiger partial charge in [0, 0.05) is 30.7 Å². The van der Waals surface area contributed by atoms with E-state index in [4.69, 9.17) is 16.3 Å². The molecule has 0 radical (unpaired) electrons. The van der Waals surface area contributed by atoms with Gasteiger partial charge in [0.15, 0.2) is 5.13 Å². The quantitative estimate of drug-likeness (QED) is 0.792. The van der Waals surface area contributed by atoms with Crippen molar-refractivity contribution in [3.63, 3.8) is 0 Å². The van der Waals surface area contributed by atoms with E-state index in [-0.39, 0.29) is 17.3 Å². The van der Waals surface area contributed by atoms with Crippen molar-refractivity contribution < 1.29 is 13.9 Å². The van der Waals surface area contributed by atoms with Gasteiger partial charge in [-0.15, -0.1) is 0 Å². The fraction of sp³-hybridized carbons (Fsp3) is 0.368. The van der Waals surface area contributed by atoms with Crippen molar-refractivity contribution in [2.45, 2.75) is 18.8 Å². The molecule has 1 amide bonds. The van der Waals surface area contributed by atoms with E-state index in [9.17, 15) is 9.18 Å². The molecule has 2 aliphatic heterocycles. The molecule has 28 heavy (non-hydrogen) atoms. The number of allylic oxidation sites excluding steroid dienone is 1. The van der Waals surface area contributed by atoms with Crippen LogP contribution in [0.15, 0.2) is 36.3 Å². The Morgan fingerprint density at radius 3 is 2.96 bits per heavy atom. The fourth-order valence-electron chi connectivity index (χ4n) is 4.08. The summed E-state index contributed by atoms with van der Waals surface area (Å²) < 4.78 is 19.6. The molecule has 0 saturated carbocycles. The van der Waals surface area contributed by atoms with E-state index >= 15 is 0 Å². The molecule has 0 bridgehead atoms. The molecule has 3 heterocycles. The number of carbonyl (C=O) groups is 1. The van der Waals surface area contributed by atoms with Gasteiger partial charge in [0.05, 0.1) is 13.3 Å². The Morgan fingerprint density at radius 1 is 1.46 bits per heavy atom. The van der Waals surface area contributed by atoms with Crippen LogP contribution in [0, 0.1) is 5.82 Å². The van der Waals surface area contributed by atoms with Crippen molar-refractivity contribution in [1.82, 2.24) is 9.88 Å². The second-order valence-corrected chi connectivity index (χ2v) is 8.60. The number of hydrogen-bond acceptors (Lipinski definition) is 6. The van der Waals surface area contributed by atoms with Gasteiger partial charge in [-0.05, 0) is 43.2 Å². The summed E-state index contributed by atoms with van der Waals surface area (Å²) in [6.45, 7) is 3.63. The molecule has 1 fully saturated rings.